The van der Waals surface area contributed by atoms with Crippen LogP contribution < -0.4 is 11.1 Å². The summed E-state index contributed by atoms with van der Waals surface area (Å²) in [7, 11) is 0. The average molecular weight is 267 g/mol. The monoisotopic (exact) mass is 267 g/mol. The van der Waals surface area contributed by atoms with Crippen molar-refractivity contribution >= 4 is 11.9 Å². The van der Waals surface area contributed by atoms with Gasteiger partial charge in [0, 0.05) is 6.04 Å². The summed E-state index contributed by atoms with van der Waals surface area (Å²) in [5.74, 6) is -0.756. The van der Waals surface area contributed by atoms with Gasteiger partial charge in [-0.2, -0.15) is 0 Å². The van der Waals surface area contributed by atoms with E-state index >= 15 is 0 Å². The Balaban J connectivity index is 2.71. The van der Waals surface area contributed by atoms with Crippen molar-refractivity contribution in [1.29, 1.82) is 0 Å². The quantitative estimate of drug-likeness (QED) is 0.846. The van der Waals surface area contributed by atoms with Gasteiger partial charge in [0.2, 0.25) is 5.91 Å². The van der Waals surface area contributed by atoms with Crippen LogP contribution in [-0.4, -0.2) is 29.9 Å². The summed E-state index contributed by atoms with van der Waals surface area (Å²) in [5, 5.41) is 2.02. The lowest BCUT2D eigenvalue weighted by molar-refractivity contribution is -0.121. The average Bonchev–Trinajstić information content (AvgIpc) is 2.35. The Labute approximate surface area is 111 Å². The highest BCUT2D eigenvalue weighted by Gasteiger charge is 2.17. The third-order valence-electron chi connectivity index (χ3n) is 2.92. The zero-order valence-electron chi connectivity index (χ0n) is 11.0. The number of halogens is 1. The Bertz CT molecular complexity index is 448. The molecule has 0 radical (unpaired) electrons. The van der Waals surface area contributed by atoms with Crippen molar-refractivity contribution in [3.05, 3.63) is 35.6 Å². The number of carbonyl (C=O) groups excluding carboxylic acids is 2. The number of imide groups is 1. The van der Waals surface area contributed by atoms with E-state index in [0.717, 1.165) is 5.56 Å². The largest absolute Gasteiger partial charge is 0.351 e. The summed E-state index contributed by atoms with van der Waals surface area (Å²) in [6, 6.07) is 5.18. The van der Waals surface area contributed by atoms with E-state index in [1.165, 1.54) is 12.1 Å². The molecule has 0 saturated carbocycles. The fourth-order valence-electron chi connectivity index (χ4n) is 1.84. The topological polar surface area (TPSA) is 75.4 Å². The second-order valence-electron chi connectivity index (χ2n) is 4.20. The second kappa shape index (κ2) is 6.84. The van der Waals surface area contributed by atoms with Gasteiger partial charge in [0.15, 0.2) is 0 Å². The zero-order valence-corrected chi connectivity index (χ0v) is 11.0. The molecule has 1 atom stereocenters. The lowest BCUT2D eigenvalue weighted by atomic mass is 10.1. The first-order valence-electron chi connectivity index (χ1n) is 6.02. The molecular weight excluding hydrogens is 249 g/mol. The van der Waals surface area contributed by atoms with E-state index in [4.69, 9.17) is 5.73 Å². The molecule has 0 aliphatic heterocycles. The van der Waals surface area contributed by atoms with Gasteiger partial charge in [-0.1, -0.05) is 19.1 Å². The molecule has 1 aromatic rings. The van der Waals surface area contributed by atoms with E-state index in [-0.39, 0.29) is 18.4 Å². The minimum absolute atomic E-state index is 0.0536. The number of rotatable bonds is 5. The van der Waals surface area contributed by atoms with Crippen molar-refractivity contribution in [2.45, 2.75) is 19.9 Å². The normalized spacial score (nSPS) is 12.2. The summed E-state index contributed by atoms with van der Waals surface area (Å²) in [5.41, 5.74) is 5.78. The first-order chi connectivity index (χ1) is 8.93. The molecule has 1 rings (SSSR count). The summed E-state index contributed by atoms with van der Waals surface area (Å²) in [6.45, 7) is 4.48. The van der Waals surface area contributed by atoms with Crippen LogP contribution >= 0.6 is 0 Å². The standard InChI is InChI=1S/C13H18FN3O2/c1-3-17(8-12(18)16-13(15)19)9(2)10-4-6-11(14)7-5-10/h4-7,9H,3,8H2,1-2H3,(H3,15,16,18,19)/t9-/m0/s1. The number of carbonyl (C=O) groups is 2. The molecule has 6 heteroatoms. The molecule has 0 bridgehead atoms. The van der Waals surface area contributed by atoms with E-state index in [9.17, 15) is 14.0 Å². The van der Waals surface area contributed by atoms with Gasteiger partial charge in [-0.25, -0.2) is 9.18 Å². The molecule has 1 aromatic carbocycles. The van der Waals surface area contributed by atoms with Crippen LogP contribution in [0.3, 0.4) is 0 Å². The minimum atomic E-state index is -0.865. The van der Waals surface area contributed by atoms with Crippen LogP contribution in [0.15, 0.2) is 24.3 Å². The molecule has 0 aromatic heterocycles. The first-order valence-corrected chi connectivity index (χ1v) is 6.02. The first kappa shape index (κ1) is 15.1. The molecule has 3 amide bonds. The highest BCUT2D eigenvalue weighted by atomic mass is 19.1. The highest BCUT2D eigenvalue weighted by molar-refractivity contribution is 5.94. The van der Waals surface area contributed by atoms with E-state index in [1.54, 1.807) is 12.1 Å². The zero-order chi connectivity index (χ0) is 14.4. The summed E-state index contributed by atoms with van der Waals surface area (Å²) >= 11 is 0. The molecular formula is C13H18FN3O2. The SMILES string of the molecule is CCN(CC(=O)NC(N)=O)[C@@H](C)c1ccc(F)cc1. The summed E-state index contributed by atoms with van der Waals surface area (Å²) < 4.78 is 12.9. The van der Waals surface area contributed by atoms with Crippen LogP contribution in [0.4, 0.5) is 9.18 Å². The van der Waals surface area contributed by atoms with Crippen LogP contribution in [0.2, 0.25) is 0 Å². The molecule has 104 valence electrons. The molecule has 3 N–H and O–H groups in total. The number of nitrogens with zero attached hydrogens (tertiary/aromatic N) is 1. The van der Waals surface area contributed by atoms with Crippen LogP contribution in [0, 0.1) is 5.82 Å². The van der Waals surface area contributed by atoms with Crippen LogP contribution in [-0.2, 0) is 4.79 Å². The minimum Gasteiger partial charge on any atom is -0.351 e. The molecule has 0 saturated heterocycles. The van der Waals surface area contributed by atoms with Crippen molar-refractivity contribution in [3.63, 3.8) is 0 Å². The number of hydrogen-bond donors (Lipinski definition) is 2. The lowest BCUT2D eigenvalue weighted by Gasteiger charge is -2.27. The van der Waals surface area contributed by atoms with Gasteiger partial charge in [0.1, 0.15) is 5.82 Å². The maximum Gasteiger partial charge on any atom is 0.318 e. The summed E-state index contributed by atoms with van der Waals surface area (Å²) in [4.78, 5) is 23.9. The Morgan fingerprint density at radius 1 is 1.37 bits per heavy atom. The van der Waals surface area contributed by atoms with Gasteiger partial charge < -0.3 is 5.73 Å². The van der Waals surface area contributed by atoms with E-state index in [2.05, 4.69) is 0 Å². The van der Waals surface area contributed by atoms with E-state index in [1.807, 2.05) is 24.1 Å². The van der Waals surface area contributed by atoms with Gasteiger partial charge in [-0.15, -0.1) is 0 Å². The number of primary amides is 1. The van der Waals surface area contributed by atoms with Crippen molar-refractivity contribution in [2.24, 2.45) is 5.73 Å². The molecule has 0 aliphatic rings. The number of hydrogen-bond acceptors (Lipinski definition) is 3. The molecule has 19 heavy (non-hydrogen) atoms. The third kappa shape index (κ3) is 4.67. The van der Waals surface area contributed by atoms with Gasteiger partial charge >= 0.3 is 6.03 Å². The van der Waals surface area contributed by atoms with Crippen molar-refractivity contribution < 1.29 is 14.0 Å². The van der Waals surface area contributed by atoms with Crippen LogP contribution in [0.5, 0.6) is 0 Å². The smallest absolute Gasteiger partial charge is 0.318 e. The maximum absolute atomic E-state index is 12.9. The van der Waals surface area contributed by atoms with Crippen LogP contribution in [0.1, 0.15) is 25.5 Å². The van der Waals surface area contributed by atoms with Gasteiger partial charge in [-0.05, 0) is 31.2 Å². The molecule has 0 heterocycles. The van der Waals surface area contributed by atoms with Crippen molar-refractivity contribution in [3.8, 4) is 0 Å². The van der Waals surface area contributed by atoms with Gasteiger partial charge in [0.25, 0.3) is 0 Å². The maximum atomic E-state index is 12.9. The number of nitrogens with two attached hydrogens (primary N) is 1. The van der Waals surface area contributed by atoms with E-state index < -0.39 is 11.9 Å². The van der Waals surface area contributed by atoms with E-state index in [0.29, 0.717) is 6.54 Å². The molecule has 0 spiro atoms. The Hall–Kier alpha value is -1.95. The number of likely N-dealkylation sites (N-methyl/N-ethyl adjacent to an activating group) is 1. The number of benzene rings is 1. The number of urea groups is 1. The molecule has 5 nitrogen and oxygen atoms in total. The molecule has 0 aliphatic carbocycles. The molecule has 0 unspecified atom stereocenters. The second-order valence-corrected chi connectivity index (χ2v) is 4.20. The Morgan fingerprint density at radius 2 is 1.95 bits per heavy atom. The van der Waals surface area contributed by atoms with Crippen LogP contribution in [0.25, 0.3) is 0 Å². The predicted molar refractivity (Wildman–Crippen MR) is 69.8 cm³/mol. The fourth-order valence-corrected chi connectivity index (χ4v) is 1.84. The predicted octanol–water partition coefficient (Wildman–Crippen LogP) is 1.40. The van der Waals surface area contributed by atoms with Crippen molar-refractivity contribution in [1.82, 2.24) is 10.2 Å². The fraction of sp³-hybridized carbons (Fsp3) is 0.385. The van der Waals surface area contributed by atoms with Gasteiger partial charge in [-0.3, -0.25) is 15.0 Å². The lowest BCUT2D eigenvalue weighted by Crippen LogP contribution is -2.43. The van der Waals surface area contributed by atoms with Gasteiger partial charge in [0.05, 0.1) is 6.54 Å². The number of nitrogens with one attached hydrogen (secondary N) is 1. The Morgan fingerprint density at radius 3 is 2.42 bits per heavy atom. The Kier molecular flexibility index (Phi) is 5.44. The van der Waals surface area contributed by atoms with Crippen molar-refractivity contribution in [2.75, 3.05) is 13.1 Å². The number of amides is 3. The molecule has 0 fully saturated rings. The summed E-state index contributed by atoms with van der Waals surface area (Å²) in [6.07, 6.45) is 0. The highest BCUT2D eigenvalue weighted by Crippen LogP contribution is 2.19. The third-order valence-corrected chi connectivity index (χ3v) is 2.92.